The van der Waals surface area contributed by atoms with Gasteiger partial charge in [0, 0.05) is 6.07 Å². The van der Waals surface area contributed by atoms with E-state index in [9.17, 15) is 23.4 Å². The number of hydrogen-bond acceptors (Lipinski definition) is 6. The van der Waals surface area contributed by atoms with Crippen LogP contribution in [-0.2, 0) is 10.9 Å². The summed E-state index contributed by atoms with van der Waals surface area (Å²) in [5, 5.41) is 36.1. The molecule has 0 saturated carbocycles. The van der Waals surface area contributed by atoms with Crippen molar-refractivity contribution in [2.45, 2.75) is 30.5 Å². The fraction of sp³-hybridized carbons (Fsp3) is 0.700. The molecule has 1 aliphatic heterocycles. The highest BCUT2D eigenvalue weighted by Gasteiger charge is 2.39. The fourth-order valence-electron chi connectivity index (χ4n) is 1.90. The van der Waals surface area contributed by atoms with Crippen molar-refractivity contribution in [3.63, 3.8) is 0 Å². The molecule has 4 atom stereocenters. The van der Waals surface area contributed by atoms with Crippen LogP contribution in [0.15, 0.2) is 6.07 Å². The van der Waals surface area contributed by atoms with E-state index in [4.69, 9.17) is 9.84 Å². The number of anilines is 1. The predicted octanol–water partition coefficient (Wildman–Crippen LogP) is -0.678. The first-order chi connectivity index (χ1) is 9.32. The molecule has 114 valence electrons. The molecular weight excluding hydrogens is 283 g/mol. The van der Waals surface area contributed by atoms with Crippen molar-refractivity contribution in [1.29, 1.82) is 0 Å². The summed E-state index contributed by atoms with van der Waals surface area (Å²) in [7, 11) is 0. The molecule has 5 N–H and O–H groups in total. The van der Waals surface area contributed by atoms with Gasteiger partial charge in [-0.25, -0.2) is 0 Å². The molecule has 7 nitrogen and oxygen atoms in total. The molecular formula is C10H14F3N3O4. The minimum atomic E-state index is -4.55. The van der Waals surface area contributed by atoms with Gasteiger partial charge >= 0.3 is 6.18 Å². The molecule has 1 fully saturated rings. The van der Waals surface area contributed by atoms with E-state index in [2.05, 4.69) is 10.4 Å². The van der Waals surface area contributed by atoms with Crippen molar-refractivity contribution >= 4 is 5.82 Å². The summed E-state index contributed by atoms with van der Waals surface area (Å²) in [6.07, 6.45) is -8.11. The lowest BCUT2D eigenvalue weighted by atomic mass is 9.98. The van der Waals surface area contributed by atoms with E-state index in [1.165, 1.54) is 0 Å². The lowest BCUT2D eigenvalue weighted by molar-refractivity contribution is -0.152. The molecule has 1 aliphatic rings. The number of aromatic nitrogens is 2. The molecule has 4 unspecified atom stereocenters. The Morgan fingerprint density at radius 2 is 2.10 bits per heavy atom. The highest BCUT2D eigenvalue weighted by molar-refractivity contribution is 5.38. The minimum absolute atomic E-state index is 0.0857. The summed E-state index contributed by atoms with van der Waals surface area (Å²) in [6, 6.07) is -0.0887. The van der Waals surface area contributed by atoms with E-state index in [1.54, 1.807) is 0 Å². The zero-order valence-corrected chi connectivity index (χ0v) is 10.1. The lowest BCUT2D eigenvalue weighted by Gasteiger charge is -2.37. The van der Waals surface area contributed by atoms with Crippen molar-refractivity contribution in [2.24, 2.45) is 0 Å². The lowest BCUT2D eigenvalue weighted by Crippen LogP contribution is -2.56. The van der Waals surface area contributed by atoms with Crippen LogP contribution in [0.1, 0.15) is 5.69 Å². The number of rotatable bonds is 3. The van der Waals surface area contributed by atoms with E-state index in [0.717, 1.165) is 6.07 Å². The SMILES string of the molecule is OCC1OCC(Nc2cc(C(F)(F)F)[nH]n2)C(O)C1O. The molecule has 20 heavy (non-hydrogen) atoms. The summed E-state index contributed by atoms with van der Waals surface area (Å²) >= 11 is 0. The Morgan fingerprint density at radius 1 is 1.40 bits per heavy atom. The van der Waals surface area contributed by atoms with Crippen molar-refractivity contribution in [3.8, 4) is 0 Å². The summed E-state index contributed by atoms with van der Waals surface area (Å²) < 4.78 is 42.2. The number of nitrogens with one attached hydrogen (secondary N) is 2. The van der Waals surface area contributed by atoms with Gasteiger partial charge in [0.25, 0.3) is 0 Å². The van der Waals surface area contributed by atoms with Gasteiger partial charge in [0.1, 0.15) is 29.8 Å². The zero-order chi connectivity index (χ0) is 14.9. The topological polar surface area (TPSA) is 111 Å². The maximum Gasteiger partial charge on any atom is 0.432 e. The average Bonchev–Trinajstić information content (AvgIpc) is 2.84. The second kappa shape index (κ2) is 5.56. The van der Waals surface area contributed by atoms with E-state index in [1.807, 2.05) is 5.10 Å². The predicted molar refractivity (Wildman–Crippen MR) is 59.8 cm³/mol. The normalized spacial score (nSPS) is 31.3. The van der Waals surface area contributed by atoms with Gasteiger partial charge in [-0.3, -0.25) is 5.10 Å². The van der Waals surface area contributed by atoms with Gasteiger partial charge in [-0.1, -0.05) is 0 Å². The standard InChI is InChI=1S/C10H14F3N3O4/c11-10(12,13)6-1-7(16-15-6)14-4-3-20-5(2-17)9(19)8(4)18/h1,4-5,8-9,17-19H,2-3H2,(H2,14,15,16). The average molecular weight is 297 g/mol. The number of H-pyrrole nitrogens is 1. The van der Waals surface area contributed by atoms with Gasteiger partial charge in [0.15, 0.2) is 0 Å². The zero-order valence-electron chi connectivity index (χ0n) is 10.1. The van der Waals surface area contributed by atoms with Crippen LogP contribution in [0, 0.1) is 0 Å². The number of aliphatic hydroxyl groups excluding tert-OH is 3. The number of nitrogens with zero attached hydrogens (tertiary/aromatic N) is 1. The molecule has 2 rings (SSSR count). The van der Waals surface area contributed by atoms with Gasteiger partial charge in [-0.15, -0.1) is 0 Å². The van der Waals surface area contributed by atoms with Crippen molar-refractivity contribution in [3.05, 3.63) is 11.8 Å². The molecule has 0 amide bonds. The molecule has 0 aromatic carbocycles. The van der Waals surface area contributed by atoms with Gasteiger partial charge < -0.3 is 25.4 Å². The van der Waals surface area contributed by atoms with Crippen LogP contribution in [0.4, 0.5) is 19.0 Å². The Bertz CT molecular complexity index is 453. The number of hydrogen-bond donors (Lipinski definition) is 5. The van der Waals surface area contributed by atoms with Crippen LogP contribution >= 0.6 is 0 Å². The third kappa shape index (κ3) is 3.03. The molecule has 0 bridgehead atoms. The first-order valence-electron chi connectivity index (χ1n) is 5.80. The van der Waals surface area contributed by atoms with Gasteiger partial charge in [0.05, 0.1) is 19.3 Å². The van der Waals surface area contributed by atoms with Crippen LogP contribution in [-0.4, -0.2) is 63.1 Å². The molecule has 0 radical (unpaired) electrons. The number of ether oxygens (including phenoxy) is 1. The maximum absolute atomic E-state index is 12.4. The van der Waals surface area contributed by atoms with Crippen LogP contribution in [0.3, 0.4) is 0 Å². The minimum Gasteiger partial charge on any atom is -0.394 e. The number of aromatic amines is 1. The third-order valence-electron chi connectivity index (χ3n) is 3.03. The van der Waals surface area contributed by atoms with Gasteiger partial charge in [-0.2, -0.15) is 18.3 Å². The summed E-state index contributed by atoms with van der Waals surface area (Å²) in [5.74, 6) is -0.125. The number of alkyl halides is 3. The monoisotopic (exact) mass is 297 g/mol. The summed E-state index contributed by atoms with van der Waals surface area (Å²) in [5.41, 5.74) is -1.03. The van der Waals surface area contributed by atoms with E-state index in [-0.39, 0.29) is 12.4 Å². The largest absolute Gasteiger partial charge is 0.432 e. The van der Waals surface area contributed by atoms with Crippen LogP contribution in [0.2, 0.25) is 0 Å². The van der Waals surface area contributed by atoms with Crippen LogP contribution in [0.5, 0.6) is 0 Å². The quantitative estimate of drug-likeness (QED) is 0.506. The number of aliphatic hydroxyl groups is 3. The molecule has 1 aromatic heterocycles. The Labute approximate surface area is 111 Å². The Kier molecular flexibility index (Phi) is 4.18. The first-order valence-corrected chi connectivity index (χ1v) is 5.80. The van der Waals surface area contributed by atoms with E-state index >= 15 is 0 Å². The molecule has 0 spiro atoms. The smallest absolute Gasteiger partial charge is 0.394 e. The number of halogens is 3. The molecule has 0 aliphatic carbocycles. The highest BCUT2D eigenvalue weighted by atomic mass is 19.4. The summed E-state index contributed by atoms with van der Waals surface area (Å²) in [6.45, 7) is -0.552. The van der Waals surface area contributed by atoms with Crippen LogP contribution < -0.4 is 5.32 Å². The van der Waals surface area contributed by atoms with E-state index in [0.29, 0.717) is 0 Å². The molecule has 1 saturated heterocycles. The Hall–Kier alpha value is -1.36. The Balaban J connectivity index is 2.02. The second-order valence-electron chi connectivity index (χ2n) is 4.45. The van der Waals surface area contributed by atoms with Gasteiger partial charge in [0.2, 0.25) is 0 Å². The Morgan fingerprint density at radius 3 is 2.65 bits per heavy atom. The van der Waals surface area contributed by atoms with E-state index < -0.39 is 42.8 Å². The first kappa shape index (κ1) is 15.0. The maximum atomic E-state index is 12.4. The molecule has 10 heteroatoms. The van der Waals surface area contributed by atoms with Crippen molar-refractivity contribution in [2.75, 3.05) is 18.5 Å². The summed E-state index contributed by atoms with van der Waals surface area (Å²) in [4.78, 5) is 0. The van der Waals surface area contributed by atoms with Crippen molar-refractivity contribution < 1.29 is 33.2 Å². The fourth-order valence-corrected chi connectivity index (χ4v) is 1.90. The van der Waals surface area contributed by atoms with Gasteiger partial charge in [-0.05, 0) is 0 Å². The second-order valence-corrected chi connectivity index (χ2v) is 4.45. The highest BCUT2D eigenvalue weighted by Crippen LogP contribution is 2.29. The van der Waals surface area contributed by atoms with Crippen molar-refractivity contribution in [1.82, 2.24) is 10.2 Å². The molecule has 1 aromatic rings. The van der Waals surface area contributed by atoms with Crippen LogP contribution in [0.25, 0.3) is 0 Å². The molecule has 2 heterocycles. The third-order valence-corrected chi connectivity index (χ3v) is 3.03.